The minimum absolute atomic E-state index is 0.201. The molecule has 0 saturated heterocycles. The molecule has 1 aliphatic carbocycles. The first kappa shape index (κ1) is 15.7. The zero-order valence-corrected chi connectivity index (χ0v) is 13.6. The number of H-pyrrole nitrogens is 1. The van der Waals surface area contributed by atoms with Crippen LogP contribution >= 0.6 is 0 Å². The van der Waals surface area contributed by atoms with E-state index in [2.05, 4.69) is 11.9 Å². The summed E-state index contributed by atoms with van der Waals surface area (Å²) in [5.74, 6) is -1.98. The molecule has 4 nitrogen and oxygen atoms in total. The second kappa shape index (κ2) is 5.65. The van der Waals surface area contributed by atoms with E-state index in [4.69, 9.17) is 0 Å². The number of aromatic amines is 1. The number of hydrogen-bond acceptors (Lipinski definition) is 2. The Hall–Kier alpha value is -2.76. The summed E-state index contributed by atoms with van der Waals surface area (Å²) in [5.41, 5.74) is 1.96. The molecule has 1 aliphatic rings. The van der Waals surface area contributed by atoms with Gasteiger partial charge in [0.2, 0.25) is 0 Å². The van der Waals surface area contributed by atoms with Gasteiger partial charge in [-0.1, -0.05) is 6.92 Å². The third-order valence-corrected chi connectivity index (χ3v) is 4.89. The molecule has 25 heavy (non-hydrogen) atoms. The Morgan fingerprint density at radius 1 is 1.20 bits per heavy atom. The lowest BCUT2D eigenvalue weighted by atomic mass is 9.91. The summed E-state index contributed by atoms with van der Waals surface area (Å²) in [6.45, 7) is 2.07. The Kier molecular flexibility index (Phi) is 3.56. The van der Waals surface area contributed by atoms with Crippen LogP contribution in [0.4, 0.5) is 8.78 Å². The van der Waals surface area contributed by atoms with Gasteiger partial charge in [-0.25, -0.2) is 8.78 Å². The summed E-state index contributed by atoms with van der Waals surface area (Å²) >= 11 is 0. The van der Waals surface area contributed by atoms with Gasteiger partial charge in [-0.15, -0.1) is 0 Å². The lowest BCUT2D eigenvalue weighted by Gasteiger charge is -2.17. The monoisotopic (exact) mass is 342 g/mol. The molecule has 128 valence electrons. The van der Waals surface area contributed by atoms with Crippen LogP contribution in [0.2, 0.25) is 0 Å². The number of aryl methyl sites for hydroxylation is 1. The van der Waals surface area contributed by atoms with Crippen molar-refractivity contribution in [3.05, 3.63) is 74.8 Å². The zero-order chi connectivity index (χ0) is 17.7. The van der Waals surface area contributed by atoms with E-state index in [0.717, 1.165) is 42.8 Å². The number of rotatable bonds is 2. The molecule has 0 amide bonds. The van der Waals surface area contributed by atoms with Crippen molar-refractivity contribution >= 4 is 11.4 Å². The minimum atomic E-state index is -0.918. The predicted molar refractivity (Wildman–Crippen MR) is 89.2 cm³/mol. The van der Waals surface area contributed by atoms with E-state index < -0.39 is 17.4 Å². The maximum absolute atomic E-state index is 14.0. The highest BCUT2D eigenvalue weighted by Crippen LogP contribution is 2.31. The number of halogens is 2. The Labute approximate surface area is 142 Å². The molecule has 2 aromatic heterocycles. The van der Waals surface area contributed by atoms with E-state index in [1.807, 2.05) is 0 Å². The number of aromatic nitrogens is 2. The molecule has 1 atom stereocenters. The van der Waals surface area contributed by atoms with E-state index in [-0.39, 0.29) is 22.6 Å². The molecule has 0 radical (unpaired) electrons. The first-order valence-corrected chi connectivity index (χ1v) is 8.23. The Morgan fingerprint density at radius 3 is 2.72 bits per heavy atom. The van der Waals surface area contributed by atoms with E-state index >= 15 is 0 Å². The lowest BCUT2D eigenvalue weighted by molar-refractivity contribution is 0.103. The van der Waals surface area contributed by atoms with Crippen LogP contribution in [0.15, 0.2) is 35.1 Å². The standard InChI is InChI=1S/C19H16F2N2O2/c1-10-3-2-4-15-17(10)22-19-13(7-8-16(24)23(15)19)18(25)12-6-5-11(20)9-14(12)21/h5-10,22H,2-4H2,1H3. The minimum Gasteiger partial charge on any atom is -0.342 e. The van der Waals surface area contributed by atoms with Gasteiger partial charge in [-0.2, -0.15) is 0 Å². The molecule has 3 aromatic rings. The molecule has 0 aliphatic heterocycles. The number of benzene rings is 1. The first-order chi connectivity index (χ1) is 12.0. The summed E-state index contributed by atoms with van der Waals surface area (Å²) in [6.07, 6.45) is 2.73. The van der Waals surface area contributed by atoms with Crippen molar-refractivity contribution in [2.45, 2.75) is 32.1 Å². The molecule has 0 spiro atoms. The lowest BCUT2D eigenvalue weighted by Crippen LogP contribution is -2.18. The number of imidazole rings is 1. The van der Waals surface area contributed by atoms with Crippen molar-refractivity contribution in [2.24, 2.45) is 0 Å². The second-order valence-electron chi connectivity index (χ2n) is 6.50. The number of nitrogens with zero attached hydrogens (tertiary/aromatic N) is 1. The number of ketones is 1. The molecular formula is C19H16F2N2O2. The van der Waals surface area contributed by atoms with Crippen molar-refractivity contribution in [3.63, 3.8) is 0 Å². The highest BCUT2D eigenvalue weighted by molar-refractivity contribution is 6.12. The molecule has 1 aromatic carbocycles. The molecule has 1 unspecified atom stereocenters. The highest BCUT2D eigenvalue weighted by Gasteiger charge is 2.25. The third-order valence-electron chi connectivity index (χ3n) is 4.89. The number of hydrogen-bond donors (Lipinski definition) is 1. The molecule has 1 N–H and O–H groups in total. The van der Waals surface area contributed by atoms with Crippen LogP contribution in [0.3, 0.4) is 0 Å². The van der Waals surface area contributed by atoms with Gasteiger partial charge in [-0.05, 0) is 43.4 Å². The predicted octanol–water partition coefficient (Wildman–Crippen LogP) is 3.58. The number of nitrogens with one attached hydrogen (secondary N) is 1. The van der Waals surface area contributed by atoms with Crippen LogP contribution in [0.5, 0.6) is 0 Å². The zero-order valence-electron chi connectivity index (χ0n) is 13.6. The van der Waals surface area contributed by atoms with E-state index in [1.165, 1.54) is 16.5 Å². The van der Waals surface area contributed by atoms with Crippen LogP contribution in [0.1, 0.15) is 53.0 Å². The molecule has 0 fully saturated rings. The van der Waals surface area contributed by atoms with Gasteiger partial charge >= 0.3 is 0 Å². The van der Waals surface area contributed by atoms with Crippen molar-refractivity contribution in [1.82, 2.24) is 9.38 Å². The van der Waals surface area contributed by atoms with Gasteiger partial charge < -0.3 is 4.98 Å². The van der Waals surface area contributed by atoms with Gasteiger partial charge in [0.25, 0.3) is 5.56 Å². The summed E-state index contributed by atoms with van der Waals surface area (Å²) < 4.78 is 28.6. The number of carbonyl (C=O) groups excluding carboxylic acids is 1. The van der Waals surface area contributed by atoms with E-state index in [1.54, 1.807) is 0 Å². The topological polar surface area (TPSA) is 54.3 Å². The first-order valence-electron chi connectivity index (χ1n) is 8.23. The fourth-order valence-corrected chi connectivity index (χ4v) is 3.63. The Balaban J connectivity index is 1.95. The fraction of sp³-hybridized carbons (Fsp3) is 0.263. The van der Waals surface area contributed by atoms with Crippen LogP contribution in [-0.2, 0) is 6.42 Å². The van der Waals surface area contributed by atoms with Gasteiger partial charge in [0.05, 0.1) is 11.1 Å². The maximum atomic E-state index is 14.0. The molecule has 0 bridgehead atoms. The quantitative estimate of drug-likeness (QED) is 0.724. The Morgan fingerprint density at radius 2 is 1.96 bits per heavy atom. The smallest absolute Gasteiger partial charge is 0.256 e. The van der Waals surface area contributed by atoms with Gasteiger partial charge in [0.15, 0.2) is 5.78 Å². The molecule has 4 rings (SSSR count). The SMILES string of the molecule is CC1CCCc2c1[nH]c1c(C(=O)c3ccc(F)cc3F)ccc(=O)n21. The molecule has 2 heterocycles. The molecular weight excluding hydrogens is 326 g/mol. The summed E-state index contributed by atoms with van der Waals surface area (Å²) in [4.78, 5) is 28.4. The van der Waals surface area contributed by atoms with Gasteiger partial charge in [-0.3, -0.25) is 14.0 Å². The van der Waals surface area contributed by atoms with Gasteiger partial charge in [0.1, 0.15) is 17.3 Å². The summed E-state index contributed by atoms with van der Waals surface area (Å²) in [5, 5.41) is 0. The average Bonchev–Trinajstić information content (AvgIpc) is 2.96. The van der Waals surface area contributed by atoms with Gasteiger partial charge in [0, 0.05) is 23.5 Å². The normalized spacial score (nSPS) is 16.8. The average molecular weight is 342 g/mol. The van der Waals surface area contributed by atoms with Crippen molar-refractivity contribution < 1.29 is 13.6 Å². The number of pyridine rings is 1. The summed E-state index contributed by atoms with van der Waals surface area (Å²) in [7, 11) is 0. The Bertz CT molecular complexity index is 1070. The van der Waals surface area contributed by atoms with E-state index in [9.17, 15) is 18.4 Å². The van der Waals surface area contributed by atoms with Crippen LogP contribution in [0, 0.1) is 11.6 Å². The van der Waals surface area contributed by atoms with Crippen LogP contribution in [-0.4, -0.2) is 15.2 Å². The molecule has 0 saturated carbocycles. The largest absolute Gasteiger partial charge is 0.342 e. The summed E-state index contributed by atoms with van der Waals surface area (Å²) in [6, 6.07) is 5.57. The maximum Gasteiger partial charge on any atom is 0.256 e. The van der Waals surface area contributed by atoms with Crippen molar-refractivity contribution in [3.8, 4) is 0 Å². The van der Waals surface area contributed by atoms with Crippen molar-refractivity contribution in [2.75, 3.05) is 0 Å². The number of fused-ring (bicyclic) bond motifs is 3. The third kappa shape index (κ3) is 2.40. The number of carbonyl (C=O) groups is 1. The van der Waals surface area contributed by atoms with Crippen LogP contribution < -0.4 is 5.56 Å². The van der Waals surface area contributed by atoms with E-state index in [0.29, 0.717) is 11.7 Å². The van der Waals surface area contributed by atoms with Crippen LogP contribution in [0.25, 0.3) is 5.65 Å². The van der Waals surface area contributed by atoms with Crippen molar-refractivity contribution in [1.29, 1.82) is 0 Å². The molecule has 6 heteroatoms. The fourth-order valence-electron chi connectivity index (χ4n) is 3.63. The highest BCUT2D eigenvalue weighted by atomic mass is 19.1. The second-order valence-corrected chi connectivity index (χ2v) is 6.50.